The molecule has 11 heteroatoms. The minimum absolute atomic E-state index is 0.0261. The SMILES string of the molecule is COc1ccc(CO[C@H]2[C@H](OCc3ccc(OC)cc3)COC(OC(=N)C(Cl)(Cl)Cl)[C@@H]2O)cc1. The predicted octanol–water partition coefficient (Wildman–Crippen LogP) is 4.26. The summed E-state index contributed by atoms with van der Waals surface area (Å²) in [6.07, 6.45) is -4.06. The molecule has 2 aromatic carbocycles. The van der Waals surface area contributed by atoms with Crippen molar-refractivity contribution < 1.29 is 33.5 Å². The van der Waals surface area contributed by atoms with Crippen molar-refractivity contribution in [1.29, 1.82) is 5.41 Å². The summed E-state index contributed by atoms with van der Waals surface area (Å²) in [6, 6.07) is 14.7. The van der Waals surface area contributed by atoms with Crippen molar-refractivity contribution in [1.82, 2.24) is 0 Å². The van der Waals surface area contributed by atoms with Crippen LogP contribution in [-0.2, 0) is 32.2 Å². The van der Waals surface area contributed by atoms with Crippen LogP contribution in [0.3, 0.4) is 0 Å². The second-order valence-electron chi connectivity index (χ2n) is 7.46. The fourth-order valence-corrected chi connectivity index (χ4v) is 3.37. The molecule has 1 heterocycles. The van der Waals surface area contributed by atoms with Gasteiger partial charge in [0.15, 0.2) is 0 Å². The molecule has 0 bridgehead atoms. The summed E-state index contributed by atoms with van der Waals surface area (Å²) in [7, 11) is 3.18. The van der Waals surface area contributed by atoms with Crippen molar-refractivity contribution in [3.63, 3.8) is 0 Å². The second-order valence-corrected chi connectivity index (χ2v) is 9.74. The fourth-order valence-electron chi connectivity index (χ4n) is 3.23. The van der Waals surface area contributed by atoms with Crippen molar-refractivity contribution in [2.45, 2.75) is 41.6 Å². The Kier molecular flexibility index (Phi) is 9.67. The molecule has 2 N–H and O–H groups in total. The van der Waals surface area contributed by atoms with Gasteiger partial charge in [0, 0.05) is 0 Å². The van der Waals surface area contributed by atoms with Gasteiger partial charge in [0.1, 0.15) is 29.8 Å². The van der Waals surface area contributed by atoms with Gasteiger partial charge in [-0.25, -0.2) is 0 Å². The van der Waals surface area contributed by atoms with Gasteiger partial charge in [-0.05, 0) is 35.4 Å². The smallest absolute Gasteiger partial charge is 0.265 e. The van der Waals surface area contributed by atoms with Crippen LogP contribution in [0.2, 0.25) is 0 Å². The first-order valence-electron chi connectivity index (χ1n) is 10.3. The van der Waals surface area contributed by atoms with Gasteiger partial charge >= 0.3 is 0 Å². The van der Waals surface area contributed by atoms with Gasteiger partial charge in [0.25, 0.3) is 3.79 Å². The summed E-state index contributed by atoms with van der Waals surface area (Å²) in [5, 5.41) is 18.7. The van der Waals surface area contributed by atoms with E-state index in [-0.39, 0.29) is 19.8 Å². The van der Waals surface area contributed by atoms with E-state index in [1.54, 1.807) is 14.2 Å². The zero-order valence-corrected chi connectivity index (χ0v) is 20.8. The Morgan fingerprint density at radius 2 is 1.44 bits per heavy atom. The number of methoxy groups -OCH3 is 2. The summed E-state index contributed by atoms with van der Waals surface area (Å²) in [5.74, 6) is 0.777. The Balaban J connectivity index is 1.69. The lowest BCUT2D eigenvalue weighted by Gasteiger charge is -2.39. The highest BCUT2D eigenvalue weighted by atomic mass is 35.6. The van der Waals surface area contributed by atoms with Crippen LogP contribution in [0.15, 0.2) is 48.5 Å². The van der Waals surface area contributed by atoms with Crippen molar-refractivity contribution in [2.24, 2.45) is 0 Å². The van der Waals surface area contributed by atoms with Gasteiger partial charge in [0.05, 0.1) is 34.0 Å². The zero-order valence-electron chi connectivity index (χ0n) is 18.6. The largest absolute Gasteiger partial charge is 0.497 e. The number of nitrogens with one attached hydrogen (secondary N) is 1. The summed E-state index contributed by atoms with van der Waals surface area (Å²) in [5.41, 5.74) is 1.76. The third-order valence-electron chi connectivity index (χ3n) is 5.12. The maximum Gasteiger partial charge on any atom is 0.265 e. The fraction of sp³-hybridized carbons (Fsp3) is 0.435. The van der Waals surface area contributed by atoms with E-state index in [9.17, 15) is 5.11 Å². The molecule has 0 amide bonds. The lowest BCUT2D eigenvalue weighted by atomic mass is 10.0. The monoisotopic (exact) mass is 533 g/mol. The van der Waals surface area contributed by atoms with Gasteiger partial charge < -0.3 is 33.5 Å². The third kappa shape index (κ3) is 7.36. The van der Waals surface area contributed by atoms with E-state index in [0.29, 0.717) is 5.75 Å². The number of benzene rings is 2. The Morgan fingerprint density at radius 3 is 1.91 bits per heavy atom. The first-order valence-corrected chi connectivity index (χ1v) is 11.5. The van der Waals surface area contributed by atoms with Crippen molar-refractivity contribution in [2.75, 3.05) is 20.8 Å². The molecule has 1 fully saturated rings. The summed E-state index contributed by atoms with van der Waals surface area (Å²) >= 11 is 17.1. The van der Waals surface area contributed by atoms with E-state index >= 15 is 0 Å². The molecule has 0 spiro atoms. The zero-order chi connectivity index (χ0) is 24.7. The number of hydrogen-bond acceptors (Lipinski definition) is 8. The van der Waals surface area contributed by atoms with Gasteiger partial charge in [-0.15, -0.1) is 0 Å². The average Bonchev–Trinajstić information content (AvgIpc) is 2.83. The van der Waals surface area contributed by atoms with Crippen molar-refractivity contribution in [3.8, 4) is 11.5 Å². The van der Waals surface area contributed by atoms with Crippen molar-refractivity contribution >= 4 is 40.7 Å². The number of alkyl halides is 3. The van der Waals surface area contributed by atoms with Crippen LogP contribution in [0.5, 0.6) is 11.5 Å². The van der Waals surface area contributed by atoms with Gasteiger partial charge in [0.2, 0.25) is 12.2 Å². The normalized spacial score (nSPS) is 22.8. The number of ether oxygens (including phenoxy) is 6. The molecule has 8 nitrogen and oxygen atoms in total. The summed E-state index contributed by atoms with van der Waals surface area (Å²) in [6.45, 7) is 0.462. The molecule has 2 aromatic rings. The predicted molar refractivity (Wildman–Crippen MR) is 128 cm³/mol. The lowest BCUT2D eigenvalue weighted by molar-refractivity contribution is -0.269. The molecule has 1 saturated heterocycles. The Labute approximate surface area is 213 Å². The van der Waals surface area contributed by atoms with Crippen LogP contribution >= 0.6 is 34.8 Å². The van der Waals surface area contributed by atoms with Crippen LogP contribution in [-0.4, -0.2) is 60.2 Å². The molecule has 0 saturated carbocycles. The third-order valence-corrected chi connectivity index (χ3v) is 5.64. The standard InChI is InChI=1S/C23H26Cl3NO7/c1-29-16-7-3-14(4-8-16)11-31-18-13-33-21(34-22(27)23(24,25)26)19(28)20(18)32-12-15-5-9-17(30-2)10-6-15/h3-10,18-21,27-28H,11-13H2,1-2H3/t18-,19-,20+,21?/m1/s1. The van der Waals surface area contributed by atoms with Gasteiger partial charge in [-0.2, -0.15) is 0 Å². The molecule has 0 aromatic heterocycles. The first-order chi connectivity index (χ1) is 16.2. The van der Waals surface area contributed by atoms with Gasteiger partial charge in [-0.3, -0.25) is 5.41 Å². The molecular weight excluding hydrogens is 509 g/mol. The molecule has 186 valence electrons. The molecular formula is C23H26Cl3NO7. The number of rotatable bonds is 9. The topological polar surface area (TPSA) is 99.5 Å². The summed E-state index contributed by atoms with van der Waals surface area (Å²) < 4.78 is 31.1. The Hall–Kier alpha value is -1.78. The lowest BCUT2D eigenvalue weighted by Crippen LogP contribution is -2.56. The molecule has 0 aliphatic carbocycles. The van der Waals surface area contributed by atoms with Crippen LogP contribution in [0.4, 0.5) is 0 Å². The van der Waals surface area contributed by atoms with Crippen molar-refractivity contribution in [3.05, 3.63) is 59.7 Å². The maximum atomic E-state index is 10.9. The van der Waals surface area contributed by atoms with Crippen LogP contribution in [0, 0.1) is 5.41 Å². The van der Waals surface area contributed by atoms with Crippen LogP contribution < -0.4 is 9.47 Å². The number of halogens is 3. The molecule has 4 atom stereocenters. The highest BCUT2D eigenvalue weighted by molar-refractivity contribution is 6.76. The van der Waals surface area contributed by atoms with Gasteiger partial charge in [-0.1, -0.05) is 59.1 Å². The quantitative estimate of drug-likeness (QED) is 0.282. The van der Waals surface area contributed by atoms with Crippen LogP contribution in [0.25, 0.3) is 0 Å². The minimum atomic E-state index is -2.09. The Morgan fingerprint density at radius 1 is 0.941 bits per heavy atom. The van der Waals surface area contributed by atoms with Crippen LogP contribution in [0.1, 0.15) is 11.1 Å². The first kappa shape index (κ1) is 26.8. The molecule has 0 radical (unpaired) electrons. The molecule has 1 aliphatic rings. The molecule has 1 aliphatic heterocycles. The number of hydrogen-bond donors (Lipinski definition) is 2. The second kappa shape index (κ2) is 12.3. The molecule has 34 heavy (non-hydrogen) atoms. The van der Waals surface area contributed by atoms with E-state index in [4.69, 9.17) is 68.6 Å². The summed E-state index contributed by atoms with van der Waals surface area (Å²) in [4.78, 5) is 0. The van der Waals surface area contributed by atoms with E-state index in [1.807, 2.05) is 48.5 Å². The highest BCUT2D eigenvalue weighted by Crippen LogP contribution is 2.31. The number of aliphatic hydroxyl groups is 1. The van der Waals surface area contributed by atoms with E-state index < -0.39 is 34.3 Å². The average molecular weight is 535 g/mol. The van der Waals surface area contributed by atoms with E-state index in [2.05, 4.69) is 0 Å². The molecule has 1 unspecified atom stereocenters. The highest BCUT2D eigenvalue weighted by Gasteiger charge is 2.44. The van der Waals surface area contributed by atoms with E-state index in [1.165, 1.54) is 0 Å². The minimum Gasteiger partial charge on any atom is -0.497 e. The number of aliphatic hydroxyl groups excluding tert-OH is 1. The van der Waals surface area contributed by atoms with E-state index in [0.717, 1.165) is 16.9 Å². The Bertz CT molecular complexity index is 922. The maximum absolute atomic E-state index is 10.9. The molecule has 3 rings (SSSR count).